The second-order valence-electron chi connectivity index (χ2n) is 5.63. The first kappa shape index (κ1) is 16.4. The van der Waals surface area contributed by atoms with Crippen molar-refractivity contribution in [3.63, 3.8) is 0 Å². The summed E-state index contributed by atoms with van der Waals surface area (Å²) < 4.78 is 10.7. The van der Waals surface area contributed by atoms with Crippen molar-refractivity contribution < 1.29 is 13.9 Å². The highest BCUT2D eigenvalue weighted by atomic mass is 35.5. The van der Waals surface area contributed by atoms with Crippen LogP contribution < -0.4 is 15.7 Å². The Kier molecular flexibility index (Phi) is 4.76. The number of halogens is 1. The van der Waals surface area contributed by atoms with E-state index in [1.165, 1.54) is 6.07 Å². The molecule has 2 amide bonds. The molecule has 0 aliphatic carbocycles. The first-order valence-corrected chi connectivity index (χ1v) is 7.97. The lowest BCUT2D eigenvalue weighted by atomic mass is 10.3. The number of hydrogen-bond acceptors (Lipinski definition) is 4. The van der Waals surface area contributed by atoms with E-state index in [4.69, 9.17) is 20.8 Å². The molecule has 1 saturated heterocycles. The van der Waals surface area contributed by atoms with Crippen LogP contribution in [0.15, 0.2) is 45.6 Å². The number of carbonyl (C=O) groups excluding carboxylic acids is 1. The fourth-order valence-corrected chi connectivity index (χ4v) is 2.71. The summed E-state index contributed by atoms with van der Waals surface area (Å²) in [6, 6.07) is 9.72. The molecule has 1 fully saturated rings. The highest BCUT2D eigenvalue weighted by Crippen LogP contribution is 2.20. The van der Waals surface area contributed by atoms with Gasteiger partial charge in [0.05, 0.1) is 12.6 Å². The van der Waals surface area contributed by atoms with Crippen molar-refractivity contribution in [2.24, 2.45) is 0 Å². The fourth-order valence-electron chi connectivity index (χ4n) is 2.58. The van der Waals surface area contributed by atoms with Crippen LogP contribution in [0.2, 0.25) is 5.02 Å². The number of nitrogens with zero attached hydrogens (tertiary/aromatic N) is 1. The lowest BCUT2D eigenvalue weighted by Crippen LogP contribution is -2.34. The summed E-state index contributed by atoms with van der Waals surface area (Å²) in [5.41, 5.74) is 0.241. The molecule has 7 heteroatoms. The zero-order chi connectivity index (χ0) is 17.1. The molecule has 1 aliphatic heterocycles. The van der Waals surface area contributed by atoms with Crippen molar-refractivity contribution in [3.8, 4) is 5.75 Å². The second kappa shape index (κ2) is 6.97. The topological polar surface area (TPSA) is 71.8 Å². The molecule has 2 aromatic rings. The highest BCUT2D eigenvalue weighted by Gasteiger charge is 2.27. The van der Waals surface area contributed by atoms with Crippen molar-refractivity contribution in [1.29, 1.82) is 0 Å². The van der Waals surface area contributed by atoms with Crippen LogP contribution in [-0.4, -0.2) is 30.1 Å². The van der Waals surface area contributed by atoms with Gasteiger partial charge in [0.2, 0.25) is 0 Å². The summed E-state index contributed by atoms with van der Waals surface area (Å²) in [5, 5.41) is 3.44. The number of likely N-dealkylation sites (tertiary alicyclic amines) is 1. The Morgan fingerprint density at radius 1 is 1.33 bits per heavy atom. The van der Waals surface area contributed by atoms with Gasteiger partial charge in [-0.05, 0) is 31.2 Å². The van der Waals surface area contributed by atoms with Crippen molar-refractivity contribution >= 4 is 23.3 Å². The van der Waals surface area contributed by atoms with Gasteiger partial charge in [-0.1, -0.05) is 11.6 Å². The van der Waals surface area contributed by atoms with Gasteiger partial charge in [0.15, 0.2) is 0 Å². The number of amides is 2. The Morgan fingerprint density at radius 3 is 2.79 bits per heavy atom. The van der Waals surface area contributed by atoms with E-state index in [1.54, 1.807) is 42.2 Å². The van der Waals surface area contributed by atoms with Gasteiger partial charge in [0.1, 0.15) is 17.6 Å². The Bertz CT molecular complexity index is 788. The summed E-state index contributed by atoms with van der Waals surface area (Å²) in [4.78, 5) is 25.3. The zero-order valence-electron chi connectivity index (χ0n) is 13.1. The highest BCUT2D eigenvalue weighted by molar-refractivity contribution is 6.30. The molecule has 1 atom stereocenters. The van der Waals surface area contributed by atoms with E-state index in [9.17, 15) is 9.59 Å². The molecule has 2 heterocycles. The molecule has 0 bridgehead atoms. The number of rotatable bonds is 3. The van der Waals surface area contributed by atoms with E-state index in [0.717, 1.165) is 0 Å². The molecule has 0 spiro atoms. The van der Waals surface area contributed by atoms with Crippen LogP contribution in [0.5, 0.6) is 5.75 Å². The predicted octanol–water partition coefficient (Wildman–Crippen LogP) is 3.29. The van der Waals surface area contributed by atoms with Gasteiger partial charge in [-0.2, -0.15) is 0 Å². The number of anilines is 1. The van der Waals surface area contributed by atoms with Crippen molar-refractivity contribution in [2.75, 3.05) is 18.4 Å². The van der Waals surface area contributed by atoms with Crippen LogP contribution in [-0.2, 0) is 0 Å². The maximum atomic E-state index is 12.3. The van der Waals surface area contributed by atoms with Gasteiger partial charge in [-0.15, -0.1) is 0 Å². The molecule has 0 saturated carbocycles. The minimum atomic E-state index is -0.444. The number of aryl methyl sites for hydroxylation is 1. The van der Waals surface area contributed by atoms with Crippen LogP contribution in [0.25, 0.3) is 0 Å². The molecule has 24 heavy (non-hydrogen) atoms. The number of hydrogen-bond donors (Lipinski definition) is 1. The third-order valence-corrected chi connectivity index (χ3v) is 3.95. The number of ether oxygens (including phenoxy) is 1. The standard InChI is InChI=1S/C17H17ClN2O4/c1-11-8-15(9-16(21)23-11)24-14-6-7-20(10-14)17(22)19-13-4-2-12(18)3-5-13/h2-5,8-9,14H,6-7,10H2,1H3,(H,19,22). The van der Waals surface area contributed by atoms with Crippen LogP contribution in [0, 0.1) is 6.92 Å². The monoisotopic (exact) mass is 348 g/mol. The number of urea groups is 1. The number of benzene rings is 1. The van der Waals surface area contributed by atoms with Crippen molar-refractivity contribution in [3.05, 3.63) is 57.6 Å². The van der Waals surface area contributed by atoms with E-state index in [0.29, 0.717) is 41.7 Å². The zero-order valence-corrected chi connectivity index (χ0v) is 13.9. The van der Waals surface area contributed by atoms with E-state index < -0.39 is 5.63 Å². The lowest BCUT2D eigenvalue weighted by molar-refractivity contribution is 0.193. The summed E-state index contributed by atoms with van der Waals surface area (Å²) in [7, 11) is 0. The van der Waals surface area contributed by atoms with Crippen LogP contribution in [0.3, 0.4) is 0 Å². The molecule has 1 aliphatic rings. The SMILES string of the molecule is Cc1cc(OC2CCN(C(=O)Nc3ccc(Cl)cc3)C2)cc(=O)o1. The number of carbonyl (C=O) groups is 1. The summed E-state index contributed by atoms with van der Waals surface area (Å²) in [5.74, 6) is 0.960. The quantitative estimate of drug-likeness (QED) is 0.923. The van der Waals surface area contributed by atoms with Crippen molar-refractivity contribution in [1.82, 2.24) is 4.90 Å². The summed E-state index contributed by atoms with van der Waals surface area (Å²) in [6.45, 7) is 2.73. The molecular weight excluding hydrogens is 332 g/mol. The average molecular weight is 349 g/mol. The molecular formula is C17H17ClN2O4. The molecule has 1 unspecified atom stereocenters. The summed E-state index contributed by atoms with van der Waals surface area (Å²) >= 11 is 5.83. The molecule has 0 radical (unpaired) electrons. The average Bonchev–Trinajstić information content (AvgIpc) is 2.97. The minimum absolute atomic E-state index is 0.151. The lowest BCUT2D eigenvalue weighted by Gasteiger charge is -2.18. The molecule has 3 rings (SSSR count). The van der Waals surface area contributed by atoms with Crippen molar-refractivity contribution in [2.45, 2.75) is 19.4 Å². The molecule has 6 nitrogen and oxygen atoms in total. The van der Waals surface area contributed by atoms with E-state index >= 15 is 0 Å². The predicted molar refractivity (Wildman–Crippen MR) is 90.8 cm³/mol. The first-order chi connectivity index (χ1) is 11.5. The molecule has 1 N–H and O–H groups in total. The Labute approximate surface area is 144 Å². The van der Waals surface area contributed by atoms with E-state index in [1.807, 2.05) is 0 Å². The maximum Gasteiger partial charge on any atom is 0.339 e. The minimum Gasteiger partial charge on any atom is -0.488 e. The van der Waals surface area contributed by atoms with Gasteiger partial charge < -0.3 is 19.4 Å². The molecule has 126 valence electrons. The maximum absolute atomic E-state index is 12.3. The second-order valence-corrected chi connectivity index (χ2v) is 6.07. The first-order valence-electron chi connectivity index (χ1n) is 7.59. The number of nitrogens with one attached hydrogen (secondary N) is 1. The van der Waals surface area contributed by atoms with Gasteiger partial charge in [0, 0.05) is 29.7 Å². The van der Waals surface area contributed by atoms with E-state index in [2.05, 4.69) is 5.32 Å². The normalized spacial score (nSPS) is 16.9. The molecule has 1 aromatic carbocycles. The largest absolute Gasteiger partial charge is 0.488 e. The van der Waals surface area contributed by atoms with Gasteiger partial charge >= 0.3 is 11.7 Å². The third-order valence-electron chi connectivity index (χ3n) is 3.70. The van der Waals surface area contributed by atoms with Gasteiger partial charge in [0.25, 0.3) is 0 Å². The smallest absolute Gasteiger partial charge is 0.339 e. The van der Waals surface area contributed by atoms with Crippen LogP contribution in [0.4, 0.5) is 10.5 Å². The Balaban J connectivity index is 1.57. The van der Waals surface area contributed by atoms with Crippen LogP contribution in [0.1, 0.15) is 12.2 Å². The van der Waals surface area contributed by atoms with Gasteiger partial charge in [-0.25, -0.2) is 9.59 Å². The van der Waals surface area contributed by atoms with E-state index in [-0.39, 0.29) is 12.1 Å². The van der Waals surface area contributed by atoms with Crippen LogP contribution >= 0.6 is 11.6 Å². The third kappa shape index (κ3) is 4.08. The Morgan fingerprint density at radius 2 is 2.08 bits per heavy atom. The molecule has 1 aromatic heterocycles. The fraction of sp³-hybridized carbons (Fsp3) is 0.294. The Hall–Kier alpha value is -2.47. The summed E-state index contributed by atoms with van der Waals surface area (Å²) in [6.07, 6.45) is 0.551. The van der Waals surface area contributed by atoms with Gasteiger partial charge in [-0.3, -0.25) is 0 Å².